The molecule has 1 aliphatic rings. The minimum atomic E-state index is -3.46. The summed E-state index contributed by atoms with van der Waals surface area (Å²) in [7, 11) is 1.34. The fourth-order valence-electron chi connectivity index (χ4n) is 3.41. The molecule has 0 N–H and O–H groups in total. The molecule has 1 heterocycles. The van der Waals surface area contributed by atoms with Crippen molar-refractivity contribution in [2.24, 2.45) is 0 Å². The maximum Gasteiger partial charge on any atom is 0.282 e. The summed E-state index contributed by atoms with van der Waals surface area (Å²) < 4.78 is 45.5. The molecule has 1 aromatic rings. The van der Waals surface area contributed by atoms with Gasteiger partial charge in [-0.3, -0.25) is 0 Å². The van der Waals surface area contributed by atoms with Gasteiger partial charge in [-0.2, -0.15) is 17.0 Å². The summed E-state index contributed by atoms with van der Waals surface area (Å²) in [5.41, 5.74) is 1.86. The Morgan fingerprint density at radius 1 is 1.00 bits per heavy atom. The van der Waals surface area contributed by atoms with Crippen molar-refractivity contribution >= 4 is 15.8 Å². The van der Waals surface area contributed by atoms with Gasteiger partial charge in [0, 0.05) is 38.3 Å². The molecular weight excluding hydrogens is 380 g/mol. The molecule has 0 fully saturated rings. The largest absolute Gasteiger partial charge is 0.496 e. The Kier molecular flexibility index (Phi) is 8.15. The van der Waals surface area contributed by atoms with Crippen LogP contribution in [0.3, 0.4) is 0 Å². The average Bonchev–Trinajstić information content (AvgIpc) is 2.72. The standard InChI is InChI=1S/C20H32N2O5S/c1-6-10-21(11-7-2)28(23,24)22-12-8-16(9-13-22)20-18(26-4)14-17(25-3)15-19(20)27-5/h8,14-15H,6-7,9-13H2,1-5H3. The normalized spacial score (nSPS) is 15.4. The van der Waals surface area contributed by atoms with Crippen molar-refractivity contribution in [3.05, 3.63) is 23.8 Å². The van der Waals surface area contributed by atoms with Crippen molar-refractivity contribution < 1.29 is 22.6 Å². The van der Waals surface area contributed by atoms with Gasteiger partial charge in [-0.15, -0.1) is 0 Å². The van der Waals surface area contributed by atoms with Gasteiger partial charge in [0.2, 0.25) is 0 Å². The molecule has 0 aromatic heterocycles. The van der Waals surface area contributed by atoms with Crippen LogP contribution in [-0.2, 0) is 10.2 Å². The van der Waals surface area contributed by atoms with Gasteiger partial charge in [0.15, 0.2) is 0 Å². The van der Waals surface area contributed by atoms with Crippen LogP contribution >= 0.6 is 0 Å². The fourth-order valence-corrected chi connectivity index (χ4v) is 5.15. The summed E-state index contributed by atoms with van der Waals surface area (Å²) in [6.07, 6.45) is 4.14. The SMILES string of the molecule is CCCN(CCC)S(=O)(=O)N1CC=C(c2c(OC)cc(OC)cc2OC)CC1. The highest BCUT2D eigenvalue weighted by Gasteiger charge is 2.31. The van der Waals surface area contributed by atoms with Crippen molar-refractivity contribution in [2.45, 2.75) is 33.1 Å². The first kappa shape index (κ1) is 22.5. The number of nitrogens with zero attached hydrogens (tertiary/aromatic N) is 2. The van der Waals surface area contributed by atoms with E-state index in [-0.39, 0.29) is 0 Å². The molecule has 1 aromatic carbocycles. The summed E-state index contributed by atoms with van der Waals surface area (Å²) in [5.74, 6) is 1.95. The Hall–Kier alpha value is -1.77. The average molecular weight is 413 g/mol. The number of rotatable bonds is 10. The van der Waals surface area contributed by atoms with Crippen LogP contribution in [0.2, 0.25) is 0 Å². The smallest absolute Gasteiger partial charge is 0.282 e. The lowest BCUT2D eigenvalue weighted by atomic mass is 9.98. The lowest BCUT2D eigenvalue weighted by Gasteiger charge is -2.32. The van der Waals surface area contributed by atoms with Crippen LogP contribution in [-0.4, -0.2) is 64.5 Å². The van der Waals surface area contributed by atoms with Crippen molar-refractivity contribution in [3.63, 3.8) is 0 Å². The third kappa shape index (κ3) is 4.79. The van der Waals surface area contributed by atoms with Crippen LogP contribution in [0.15, 0.2) is 18.2 Å². The van der Waals surface area contributed by atoms with Crippen LogP contribution < -0.4 is 14.2 Å². The van der Waals surface area contributed by atoms with E-state index < -0.39 is 10.2 Å². The number of methoxy groups -OCH3 is 3. The third-order valence-electron chi connectivity index (χ3n) is 4.81. The predicted octanol–water partition coefficient (Wildman–Crippen LogP) is 3.17. The maximum absolute atomic E-state index is 13.0. The van der Waals surface area contributed by atoms with Gasteiger partial charge in [0.25, 0.3) is 10.2 Å². The molecule has 28 heavy (non-hydrogen) atoms. The number of hydrogen-bond donors (Lipinski definition) is 0. The van der Waals surface area contributed by atoms with E-state index in [1.165, 1.54) is 0 Å². The van der Waals surface area contributed by atoms with Crippen LogP contribution in [0.1, 0.15) is 38.7 Å². The Labute approximate surface area is 169 Å². The molecule has 0 aliphatic carbocycles. The molecule has 0 spiro atoms. The monoisotopic (exact) mass is 412 g/mol. The predicted molar refractivity (Wildman–Crippen MR) is 111 cm³/mol. The summed E-state index contributed by atoms with van der Waals surface area (Å²) in [6.45, 7) is 5.84. The molecule has 0 unspecified atom stereocenters. The van der Waals surface area contributed by atoms with Gasteiger partial charge < -0.3 is 14.2 Å². The van der Waals surface area contributed by atoms with Gasteiger partial charge in [-0.25, -0.2) is 0 Å². The molecule has 1 aliphatic heterocycles. The minimum Gasteiger partial charge on any atom is -0.496 e. The quantitative estimate of drug-likeness (QED) is 0.590. The minimum absolute atomic E-state index is 0.333. The van der Waals surface area contributed by atoms with E-state index in [4.69, 9.17) is 14.2 Å². The van der Waals surface area contributed by atoms with E-state index in [2.05, 4.69) is 0 Å². The first-order chi connectivity index (χ1) is 13.4. The number of hydrogen-bond acceptors (Lipinski definition) is 5. The van der Waals surface area contributed by atoms with Crippen LogP contribution in [0, 0.1) is 0 Å². The topological polar surface area (TPSA) is 68.3 Å². The van der Waals surface area contributed by atoms with E-state index in [1.807, 2.05) is 32.1 Å². The van der Waals surface area contributed by atoms with E-state index in [9.17, 15) is 8.42 Å². The molecule has 0 radical (unpaired) electrons. The third-order valence-corrected chi connectivity index (χ3v) is 6.81. The molecular formula is C20H32N2O5S. The zero-order valence-electron chi connectivity index (χ0n) is 17.5. The summed E-state index contributed by atoms with van der Waals surface area (Å²) in [6, 6.07) is 3.62. The Bertz CT molecular complexity index is 761. The molecule has 158 valence electrons. The highest BCUT2D eigenvalue weighted by molar-refractivity contribution is 7.86. The second kappa shape index (κ2) is 10.1. The summed E-state index contributed by atoms with van der Waals surface area (Å²) in [5, 5.41) is 0. The molecule has 0 saturated carbocycles. The number of benzene rings is 1. The van der Waals surface area contributed by atoms with E-state index >= 15 is 0 Å². The lowest BCUT2D eigenvalue weighted by molar-refractivity contribution is 0.345. The van der Waals surface area contributed by atoms with Crippen LogP contribution in [0.25, 0.3) is 5.57 Å². The maximum atomic E-state index is 13.0. The molecule has 7 nitrogen and oxygen atoms in total. The summed E-state index contributed by atoms with van der Waals surface area (Å²) in [4.78, 5) is 0. The van der Waals surface area contributed by atoms with Crippen molar-refractivity contribution in [2.75, 3.05) is 47.5 Å². The second-order valence-electron chi connectivity index (χ2n) is 6.65. The zero-order valence-corrected chi connectivity index (χ0v) is 18.3. The van der Waals surface area contributed by atoms with E-state index in [1.54, 1.807) is 29.9 Å². The molecule has 0 atom stereocenters. The zero-order chi connectivity index (χ0) is 20.7. The molecule has 0 bridgehead atoms. The van der Waals surface area contributed by atoms with Crippen molar-refractivity contribution in [3.8, 4) is 17.2 Å². The fraction of sp³-hybridized carbons (Fsp3) is 0.600. The highest BCUT2D eigenvalue weighted by atomic mass is 32.2. The first-order valence-corrected chi connectivity index (χ1v) is 11.1. The Morgan fingerprint density at radius 3 is 1.96 bits per heavy atom. The molecule has 0 saturated heterocycles. The Balaban J connectivity index is 2.31. The van der Waals surface area contributed by atoms with Gasteiger partial charge in [-0.05, 0) is 24.8 Å². The Morgan fingerprint density at radius 2 is 1.57 bits per heavy atom. The second-order valence-corrected chi connectivity index (χ2v) is 8.58. The molecule has 2 rings (SSSR count). The van der Waals surface area contributed by atoms with Crippen LogP contribution in [0.5, 0.6) is 17.2 Å². The van der Waals surface area contributed by atoms with Gasteiger partial charge in [0.05, 0.1) is 26.9 Å². The highest BCUT2D eigenvalue weighted by Crippen LogP contribution is 2.41. The van der Waals surface area contributed by atoms with Crippen molar-refractivity contribution in [1.82, 2.24) is 8.61 Å². The van der Waals surface area contributed by atoms with Crippen molar-refractivity contribution in [1.29, 1.82) is 0 Å². The van der Waals surface area contributed by atoms with E-state index in [0.29, 0.717) is 49.8 Å². The van der Waals surface area contributed by atoms with E-state index in [0.717, 1.165) is 24.0 Å². The molecule has 8 heteroatoms. The molecule has 0 amide bonds. The van der Waals surface area contributed by atoms with Crippen LogP contribution in [0.4, 0.5) is 0 Å². The van der Waals surface area contributed by atoms with Gasteiger partial charge in [-0.1, -0.05) is 19.9 Å². The number of ether oxygens (including phenoxy) is 3. The lowest BCUT2D eigenvalue weighted by Crippen LogP contribution is -2.46. The summed E-state index contributed by atoms with van der Waals surface area (Å²) >= 11 is 0. The first-order valence-electron chi connectivity index (χ1n) is 9.67. The van der Waals surface area contributed by atoms with Gasteiger partial charge in [0.1, 0.15) is 17.2 Å². The van der Waals surface area contributed by atoms with Gasteiger partial charge >= 0.3 is 0 Å².